The van der Waals surface area contributed by atoms with Crippen LogP contribution in [0.25, 0.3) is 77.2 Å². The second-order valence-corrected chi connectivity index (χ2v) is 30.2. The monoisotopic (exact) mass is 1240 g/mol. The van der Waals surface area contributed by atoms with Gasteiger partial charge in [-0.1, -0.05) is 262 Å². The summed E-state index contributed by atoms with van der Waals surface area (Å²) < 4.78 is 4.92. The summed E-state index contributed by atoms with van der Waals surface area (Å²) in [5.41, 5.74) is 29.6. The number of aromatic nitrogens is 2. The van der Waals surface area contributed by atoms with Crippen LogP contribution in [0.2, 0.25) is 0 Å². The standard InChI is InChI=1S/C93H79N3/c1-60-31-54-86-78(57-60)80-59-67(43-56-88(80)96(86)72-48-36-63(37-49-72)91(8,9)10)93(83-28-18-13-23-75(83)76-24-14-19-29-84(76)93)65-40-52-70(53-41-65)94(68-44-32-61(33-45-68)89(2,3)4)69-50-38-64(39-51-69)92(81-26-16-11-21-73(81)74-22-12-17-27-82(74)92)66-42-55-87-79(58-66)77-25-15-20-30-85(77)95(87)71-46-34-62(35-47-71)90(5,6)7/h11-59H,1-10H3. The predicted molar refractivity (Wildman–Crippen MR) is 405 cm³/mol. The van der Waals surface area contributed by atoms with Gasteiger partial charge in [0, 0.05) is 50.0 Å². The number of hydrogen-bond donors (Lipinski definition) is 0. The van der Waals surface area contributed by atoms with E-state index in [9.17, 15) is 0 Å². The molecule has 0 saturated heterocycles. The van der Waals surface area contributed by atoms with Crippen LogP contribution in [-0.4, -0.2) is 9.13 Å². The number of hydrogen-bond acceptors (Lipinski definition) is 1. The molecule has 466 valence electrons. The lowest BCUT2D eigenvalue weighted by Gasteiger charge is -2.35. The zero-order valence-electron chi connectivity index (χ0n) is 56.6. The third-order valence-electron chi connectivity index (χ3n) is 21.5. The number of para-hydroxylation sites is 1. The smallest absolute Gasteiger partial charge is 0.0713 e. The highest BCUT2D eigenvalue weighted by molar-refractivity contribution is 6.11. The maximum Gasteiger partial charge on any atom is 0.0713 e. The van der Waals surface area contributed by atoms with Gasteiger partial charge in [0.05, 0.1) is 32.9 Å². The highest BCUT2D eigenvalue weighted by Gasteiger charge is 2.48. The van der Waals surface area contributed by atoms with Gasteiger partial charge in [0.2, 0.25) is 0 Å². The van der Waals surface area contributed by atoms with Gasteiger partial charge in [-0.25, -0.2) is 0 Å². The van der Waals surface area contributed by atoms with Gasteiger partial charge >= 0.3 is 0 Å². The van der Waals surface area contributed by atoms with Crippen molar-refractivity contribution in [1.29, 1.82) is 0 Å². The van der Waals surface area contributed by atoms with Gasteiger partial charge in [-0.3, -0.25) is 0 Å². The van der Waals surface area contributed by atoms with Crippen LogP contribution in [0.4, 0.5) is 17.1 Å². The van der Waals surface area contributed by atoms with Gasteiger partial charge < -0.3 is 14.0 Å². The molecule has 0 radical (unpaired) electrons. The van der Waals surface area contributed by atoms with Crippen LogP contribution in [-0.2, 0) is 27.1 Å². The molecule has 0 N–H and O–H groups in total. The molecular formula is C93H79N3. The molecule has 3 nitrogen and oxygen atoms in total. The van der Waals surface area contributed by atoms with Crippen LogP contribution in [0.3, 0.4) is 0 Å². The van der Waals surface area contributed by atoms with Gasteiger partial charge in [0.15, 0.2) is 0 Å². The molecule has 0 atom stereocenters. The summed E-state index contributed by atoms with van der Waals surface area (Å²) in [6, 6.07) is 114. The first kappa shape index (κ1) is 59.0. The third kappa shape index (κ3) is 8.92. The van der Waals surface area contributed by atoms with Crippen molar-refractivity contribution in [1.82, 2.24) is 9.13 Å². The van der Waals surface area contributed by atoms with Gasteiger partial charge in [-0.05, 0) is 210 Å². The number of fused-ring (bicyclic) bond motifs is 12. The number of benzene rings is 13. The Bertz CT molecular complexity index is 5470. The summed E-state index contributed by atoms with van der Waals surface area (Å²) in [5, 5.41) is 4.98. The van der Waals surface area contributed by atoms with Crippen molar-refractivity contribution in [3.05, 3.63) is 364 Å². The molecule has 2 heterocycles. The first-order valence-corrected chi connectivity index (χ1v) is 34.2. The van der Waals surface area contributed by atoms with Gasteiger partial charge in [-0.2, -0.15) is 0 Å². The molecule has 2 aliphatic rings. The molecule has 0 bridgehead atoms. The van der Waals surface area contributed by atoms with Crippen molar-refractivity contribution in [3.63, 3.8) is 0 Å². The first-order valence-electron chi connectivity index (χ1n) is 34.2. The Hall–Kier alpha value is -10.7. The van der Waals surface area contributed by atoms with E-state index in [1.165, 1.54) is 138 Å². The van der Waals surface area contributed by atoms with Crippen LogP contribution in [0, 0.1) is 6.92 Å². The van der Waals surface area contributed by atoms with Crippen molar-refractivity contribution < 1.29 is 0 Å². The van der Waals surface area contributed by atoms with Crippen LogP contribution >= 0.6 is 0 Å². The van der Waals surface area contributed by atoms with Crippen LogP contribution in [0.15, 0.2) is 297 Å². The largest absolute Gasteiger partial charge is 0.311 e. The number of aryl methyl sites for hydroxylation is 1. The molecule has 13 aromatic carbocycles. The second-order valence-electron chi connectivity index (χ2n) is 30.2. The number of anilines is 3. The Labute approximate surface area is 565 Å². The van der Waals surface area contributed by atoms with Crippen molar-refractivity contribution in [3.8, 4) is 33.6 Å². The van der Waals surface area contributed by atoms with Crippen molar-refractivity contribution in [2.45, 2.75) is 96.3 Å². The van der Waals surface area contributed by atoms with E-state index in [-0.39, 0.29) is 16.2 Å². The Morgan fingerprint density at radius 1 is 0.260 bits per heavy atom. The minimum atomic E-state index is -0.634. The topological polar surface area (TPSA) is 13.1 Å². The van der Waals surface area contributed by atoms with E-state index in [1.807, 2.05) is 0 Å². The quantitative estimate of drug-likeness (QED) is 0.140. The zero-order valence-corrected chi connectivity index (χ0v) is 56.6. The fourth-order valence-electron chi connectivity index (χ4n) is 16.7. The molecule has 0 spiro atoms. The molecule has 0 amide bonds. The minimum absolute atomic E-state index is 0.0128. The Balaban J connectivity index is 0.831. The molecule has 2 aliphatic carbocycles. The normalized spacial score (nSPS) is 13.9. The molecular weight excluding hydrogens is 1160 g/mol. The lowest BCUT2D eigenvalue weighted by atomic mass is 9.67. The lowest BCUT2D eigenvalue weighted by molar-refractivity contribution is 0.590. The fourth-order valence-corrected chi connectivity index (χ4v) is 16.7. The average Bonchev–Trinajstić information content (AvgIpc) is 1.64. The summed E-state index contributed by atoms with van der Waals surface area (Å²) in [6.45, 7) is 22.8. The summed E-state index contributed by atoms with van der Waals surface area (Å²) in [7, 11) is 0. The Morgan fingerprint density at radius 2 is 0.552 bits per heavy atom. The molecule has 15 aromatic rings. The SMILES string of the molecule is Cc1ccc2c(c1)c1cc(C3(c4ccc(N(c5ccc(C(C)(C)C)cc5)c5ccc(C6(c7ccc8c(c7)c7ccccc7n8-c7ccc(C(C)(C)C)cc7)c7ccccc7-c7ccccc76)cc5)cc4)c4ccccc4-c4ccccc43)ccc1n2-c1ccc(C(C)(C)C)cc1. The van der Waals surface area contributed by atoms with Crippen molar-refractivity contribution >= 4 is 60.7 Å². The third-order valence-corrected chi connectivity index (χ3v) is 21.5. The van der Waals surface area contributed by atoms with E-state index in [1.54, 1.807) is 0 Å². The van der Waals surface area contributed by atoms with Crippen LogP contribution in [0.1, 0.15) is 129 Å². The van der Waals surface area contributed by atoms with Crippen molar-refractivity contribution in [2.75, 3.05) is 4.90 Å². The van der Waals surface area contributed by atoms with E-state index in [0.29, 0.717) is 0 Å². The zero-order chi connectivity index (χ0) is 65.6. The second kappa shape index (κ2) is 21.6. The molecule has 0 fully saturated rings. The summed E-state index contributed by atoms with van der Waals surface area (Å²) in [6.07, 6.45) is 0. The van der Waals surface area contributed by atoms with E-state index in [0.717, 1.165) is 22.7 Å². The van der Waals surface area contributed by atoms with Gasteiger partial charge in [-0.15, -0.1) is 0 Å². The maximum atomic E-state index is 2.52. The van der Waals surface area contributed by atoms with E-state index in [4.69, 9.17) is 0 Å². The highest BCUT2D eigenvalue weighted by Crippen LogP contribution is 2.59. The summed E-state index contributed by atoms with van der Waals surface area (Å²) in [5.74, 6) is 0. The Morgan fingerprint density at radius 3 is 0.938 bits per heavy atom. The van der Waals surface area contributed by atoms with Crippen LogP contribution in [0.5, 0.6) is 0 Å². The minimum Gasteiger partial charge on any atom is -0.311 e. The number of nitrogens with zero attached hydrogens (tertiary/aromatic N) is 3. The number of rotatable bonds is 9. The highest BCUT2D eigenvalue weighted by atomic mass is 15.1. The summed E-state index contributed by atoms with van der Waals surface area (Å²) >= 11 is 0. The lowest BCUT2D eigenvalue weighted by Crippen LogP contribution is -2.29. The molecule has 0 unspecified atom stereocenters. The Kier molecular flexibility index (Phi) is 13.3. The molecule has 17 rings (SSSR count). The molecule has 0 saturated carbocycles. The van der Waals surface area contributed by atoms with Crippen LogP contribution < -0.4 is 4.90 Å². The van der Waals surface area contributed by atoms with Gasteiger partial charge in [0.1, 0.15) is 0 Å². The predicted octanol–water partition coefficient (Wildman–Crippen LogP) is 24.3. The maximum absolute atomic E-state index is 2.52. The average molecular weight is 1240 g/mol. The van der Waals surface area contributed by atoms with E-state index in [2.05, 4.69) is 381 Å². The molecule has 3 heteroatoms. The fraction of sp³-hybridized carbons (Fsp3) is 0.161. The summed E-state index contributed by atoms with van der Waals surface area (Å²) in [4.78, 5) is 2.46. The molecule has 96 heavy (non-hydrogen) atoms. The molecule has 2 aromatic heterocycles. The van der Waals surface area contributed by atoms with E-state index < -0.39 is 10.8 Å². The molecule has 0 aliphatic heterocycles. The van der Waals surface area contributed by atoms with Gasteiger partial charge in [0.25, 0.3) is 0 Å². The van der Waals surface area contributed by atoms with E-state index >= 15 is 0 Å². The van der Waals surface area contributed by atoms with Crippen molar-refractivity contribution in [2.24, 2.45) is 0 Å². The first-order chi connectivity index (χ1) is 46.4.